The van der Waals surface area contributed by atoms with Gasteiger partial charge in [0.2, 0.25) is 5.91 Å². The number of halogens is 1. The van der Waals surface area contributed by atoms with Gasteiger partial charge in [0.15, 0.2) is 0 Å². The van der Waals surface area contributed by atoms with Crippen molar-refractivity contribution in [2.45, 2.75) is 33.8 Å². The van der Waals surface area contributed by atoms with E-state index in [9.17, 15) is 14.3 Å². The smallest absolute Gasteiger partial charge is 0.228 e. The number of benzene rings is 1. The Kier molecular flexibility index (Phi) is 5.42. The van der Waals surface area contributed by atoms with Gasteiger partial charge in [-0.15, -0.1) is 0 Å². The molecule has 0 radical (unpaired) electrons. The minimum absolute atomic E-state index is 0.173. The normalized spacial score (nSPS) is 18.1. The molecule has 1 aromatic carbocycles. The van der Waals surface area contributed by atoms with Gasteiger partial charge in [0, 0.05) is 38.1 Å². The van der Waals surface area contributed by atoms with Crippen LogP contribution in [0.4, 0.5) is 4.39 Å². The number of carbonyl (C=O) groups is 1. The predicted octanol–water partition coefficient (Wildman–Crippen LogP) is 2.36. The molecule has 5 heteroatoms. The van der Waals surface area contributed by atoms with E-state index in [1.807, 2.05) is 32.6 Å². The summed E-state index contributed by atoms with van der Waals surface area (Å²) in [4.78, 5) is 16.3. The molecule has 23 heavy (non-hydrogen) atoms. The van der Waals surface area contributed by atoms with Crippen molar-refractivity contribution in [3.8, 4) is 0 Å². The maximum atomic E-state index is 13.2. The molecule has 1 unspecified atom stereocenters. The summed E-state index contributed by atoms with van der Waals surface area (Å²) >= 11 is 0. The summed E-state index contributed by atoms with van der Waals surface area (Å²) in [5.74, 6) is -0.111. The summed E-state index contributed by atoms with van der Waals surface area (Å²) in [5, 5.41) is 10.4. The van der Waals surface area contributed by atoms with Crippen LogP contribution in [-0.2, 0) is 4.79 Å². The van der Waals surface area contributed by atoms with Gasteiger partial charge in [0.1, 0.15) is 5.82 Å². The highest BCUT2D eigenvalue weighted by atomic mass is 19.1. The number of hydrogen-bond acceptors (Lipinski definition) is 3. The minimum Gasteiger partial charge on any atom is -0.387 e. The lowest BCUT2D eigenvalue weighted by Gasteiger charge is -2.38. The largest absolute Gasteiger partial charge is 0.387 e. The molecule has 1 aromatic rings. The number of rotatable bonds is 3. The molecule has 128 valence electrons. The molecule has 0 saturated carbocycles. The molecule has 0 aliphatic carbocycles. The fourth-order valence-electron chi connectivity index (χ4n) is 2.96. The first-order valence-electron chi connectivity index (χ1n) is 8.14. The Morgan fingerprint density at radius 2 is 1.87 bits per heavy atom. The Balaban J connectivity index is 1.90. The van der Waals surface area contributed by atoms with Gasteiger partial charge in [-0.25, -0.2) is 4.39 Å². The van der Waals surface area contributed by atoms with E-state index in [1.54, 1.807) is 6.07 Å². The molecule has 1 N–H and O–H groups in total. The maximum absolute atomic E-state index is 13.2. The van der Waals surface area contributed by atoms with E-state index in [2.05, 4.69) is 4.90 Å². The summed E-state index contributed by atoms with van der Waals surface area (Å²) in [6.45, 7) is 11.0. The summed E-state index contributed by atoms with van der Waals surface area (Å²) in [7, 11) is 0. The monoisotopic (exact) mass is 322 g/mol. The SMILES string of the molecule is Cc1cc(F)ccc1C(O)CN1CCN(C(=O)C(C)(C)C)CC1. The Hall–Kier alpha value is -1.46. The molecule has 1 saturated heterocycles. The van der Waals surface area contributed by atoms with Crippen molar-refractivity contribution in [1.82, 2.24) is 9.80 Å². The number of aliphatic hydroxyl groups excluding tert-OH is 1. The number of β-amino-alcohol motifs (C(OH)–C–C–N with tert-alkyl or cyclic N) is 1. The fourth-order valence-corrected chi connectivity index (χ4v) is 2.96. The first kappa shape index (κ1) is 17.9. The molecule has 2 rings (SSSR count). The third-order valence-corrected chi connectivity index (χ3v) is 4.32. The van der Waals surface area contributed by atoms with Crippen LogP contribution in [0.2, 0.25) is 0 Å². The Bertz CT molecular complexity index is 561. The van der Waals surface area contributed by atoms with Crippen LogP contribution in [0.25, 0.3) is 0 Å². The van der Waals surface area contributed by atoms with Crippen LogP contribution in [0.5, 0.6) is 0 Å². The van der Waals surface area contributed by atoms with Crippen molar-refractivity contribution >= 4 is 5.91 Å². The third-order valence-electron chi connectivity index (χ3n) is 4.32. The molecule has 1 amide bonds. The Morgan fingerprint density at radius 3 is 2.39 bits per heavy atom. The van der Waals surface area contributed by atoms with Crippen LogP contribution in [-0.4, -0.2) is 53.5 Å². The van der Waals surface area contributed by atoms with Gasteiger partial charge >= 0.3 is 0 Å². The first-order chi connectivity index (χ1) is 10.7. The van der Waals surface area contributed by atoms with E-state index in [0.29, 0.717) is 19.6 Å². The number of amides is 1. The van der Waals surface area contributed by atoms with Crippen LogP contribution in [0.3, 0.4) is 0 Å². The number of hydrogen-bond donors (Lipinski definition) is 1. The molecule has 1 aliphatic heterocycles. The second kappa shape index (κ2) is 6.97. The highest BCUT2D eigenvalue weighted by molar-refractivity contribution is 5.81. The molecule has 1 aliphatic rings. The topological polar surface area (TPSA) is 43.8 Å². The fraction of sp³-hybridized carbons (Fsp3) is 0.611. The number of nitrogens with zero attached hydrogens (tertiary/aromatic N) is 2. The summed E-state index contributed by atoms with van der Waals surface area (Å²) in [6.07, 6.45) is -0.638. The van der Waals surface area contributed by atoms with Gasteiger partial charge in [-0.05, 0) is 30.2 Å². The standard InChI is InChI=1S/C18H27FN2O2/c1-13-11-14(19)5-6-15(13)16(22)12-20-7-9-21(10-8-20)17(23)18(2,3)4/h5-6,11,16,22H,7-10,12H2,1-4H3. The average Bonchev–Trinajstić information content (AvgIpc) is 2.46. The molecule has 0 spiro atoms. The third kappa shape index (κ3) is 4.52. The lowest BCUT2D eigenvalue weighted by molar-refractivity contribution is -0.141. The van der Waals surface area contributed by atoms with Crippen LogP contribution in [0.15, 0.2) is 18.2 Å². The second-order valence-corrected chi connectivity index (χ2v) is 7.36. The van der Waals surface area contributed by atoms with Crippen molar-refractivity contribution in [2.75, 3.05) is 32.7 Å². The zero-order valence-electron chi connectivity index (χ0n) is 14.5. The highest BCUT2D eigenvalue weighted by Crippen LogP contribution is 2.22. The summed E-state index contributed by atoms with van der Waals surface area (Å²) < 4.78 is 13.2. The van der Waals surface area contributed by atoms with Crippen LogP contribution in [0, 0.1) is 18.2 Å². The molecule has 1 heterocycles. The molecule has 1 fully saturated rings. The van der Waals surface area contributed by atoms with Crippen LogP contribution in [0.1, 0.15) is 38.0 Å². The van der Waals surface area contributed by atoms with E-state index in [-0.39, 0.29) is 17.1 Å². The maximum Gasteiger partial charge on any atom is 0.228 e. The van der Waals surface area contributed by atoms with E-state index in [4.69, 9.17) is 0 Å². The minimum atomic E-state index is -0.638. The second-order valence-electron chi connectivity index (χ2n) is 7.36. The first-order valence-corrected chi connectivity index (χ1v) is 8.14. The molecule has 0 bridgehead atoms. The Labute approximate surface area is 137 Å². The zero-order valence-corrected chi connectivity index (χ0v) is 14.5. The number of aryl methyl sites for hydroxylation is 1. The number of carbonyl (C=O) groups excluding carboxylic acids is 1. The van der Waals surface area contributed by atoms with E-state index >= 15 is 0 Å². The van der Waals surface area contributed by atoms with E-state index in [1.165, 1.54) is 12.1 Å². The summed E-state index contributed by atoms with van der Waals surface area (Å²) in [6, 6.07) is 4.47. The lowest BCUT2D eigenvalue weighted by Crippen LogP contribution is -2.52. The van der Waals surface area contributed by atoms with Crippen molar-refractivity contribution in [3.63, 3.8) is 0 Å². The van der Waals surface area contributed by atoms with Crippen molar-refractivity contribution < 1.29 is 14.3 Å². The molecular weight excluding hydrogens is 295 g/mol. The lowest BCUT2D eigenvalue weighted by atomic mass is 9.94. The van der Waals surface area contributed by atoms with Gasteiger partial charge in [-0.2, -0.15) is 0 Å². The predicted molar refractivity (Wildman–Crippen MR) is 88.6 cm³/mol. The quantitative estimate of drug-likeness (QED) is 0.929. The van der Waals surface area contributed by atoms with E-state index in [0.717, 1.165) is 24.2 Å². The van der Waals surface area contributed by atoms with Gasteiger partial charge in [0.05, 0.1) is 6.10 Å². The van der Waals surface area contributed by atoms with Crippen LogP contribution < -0.4 is 0 Å². The molecule has 1 atom stereocenters. The van der Waals surface area contributed by atoms with Gasteiger partial charge < -0.3 is 10.0 Å². The van der Waals surface area contributed by atoms with Gasteiger partial charge in [-0.1, -0.05) is 26.8 Å². The summed E-state index contributed by atoms with van der Waals surface area (Å²) in [5.41, 5.74) is 1.17. The highest BCUT2D eigenvalue weighted by Gasteiger charge is 2.30. The van der Waals surface area contributed by atoms with Crippen molar-refractivity contribution in [3.05, 3.63) is 35.1 Å². The van der Waals surface area contributed by atoms with Crippen molar-refractivity contribution in [2.24, 2.45) is 5.41 Å². The van der Waals surface area contributed by atoms with Crippen LogP contribution >= 0.6 is 0 Å². The molecule has 0 aromatic heterocycles. The molecular formula is C18H27FN2O2. The van der Waals surface area contributed by atoms with Gasteiger partial charge in [-0.3, -0.25) is 9.69 Å². The number of piperazine rings is 1. The van der Waals surface area contributed by atoms with Gasteiger partial charge in [0.25, 0.3) is 0 Å². The van der Waals surface area contributed by atoms with E-state index < -0.39 is 6.10 Å². The van der Waals surface area contributed by atoms with Crippen molar-refractivity contribution in [1.29, 1.82) is 0 Å². The average molecular weight is 322 g/mol. The molecule has 4 nitrogen and oxygen atoms in total. The number of aliphatic hydroxyl groups is 1. The zero-order chi connectivity index (χ0) is 17.2. The Morgan fingerprint density at radius 1 is 1.26 bits per heavy atom.